The van der Waals surface area contributed by atoms with Gasteiger partial charge in [-0.1, -0.05) is 138 Å². The van der Waals surface area contributed by atoms with Gasteiger partial charge in [-0.25, -0.2) is 0 Å². The summed E-state index contributed by atoms with van der Waals surface area (Å²) in [5.41, 5.74) is 8.15. The second-order valence-electron chi connectivity index (χ2n) is 14.5. The number of hydrogen-bond donors (Lipinski definition) is 5. The molecule has 8 aromatic rings. The Morgan fingerprint density at radius 2 is 1.15 bits per heavy atom. The van der Waals surface area contributed by atoms with Gasteiger partial charge in [-0.2, -0.15) is 0 Å². The van der Waals surface area contributed by atoms with E-state index in [1.54, 1.807) is 11.8 Å². The molecule has 0 bridgehead atoms. The van der Waals surface area contributed by atoms with Crippen LogP contribution in [0, 0.1) is 0 Å². The number of hydrogen-bond acceptors (Lipinski definition) is 6. The predicted octanol–water partition coefficient (Wildman–Crippen LogP) is 10.5. The molecule has 4 radical (unpaired) electrons. The van der Waals surface area contributed by atoms with E-state index in [-0.39, 0.29) is 45.2 Å². The molecule has 1 aromatic heterocycles. The summed E-state index contributed by atoms with van der Waals surface area (Å²) in [6, 6.07) is 51.0. The Kier molecular flexibility index (Phi) is 9.29. The molecule has 0 saturated heterocycles. The molecule has 0 fully saturated rings. The number of para-hydroxylation sites is 3. The standard InChI is InChI=1S/C50H37B2N3O4/c1-29(31-15-5-3-6-16-31)48(57)50(59)47-44(30(2)56)53-45-46(43(52)42(51)41(49(45)58)33-17-7-4-8-18-33)54(47)34-27-25-32(26-28-34)35-19-9-12-22-38(35)55-39-23-13-10-20-36(39)37-21-11-14-24-40(37)55/h3-28,53,56-59H,1-2H3/b44-30-,48-29-,50-47-. The predicted molar refractivity (Wildman–Crippen MR) is 243 cm³/mol. The largest absolute Gasteiger partial charge is 0.510 e. The lowest BCUT2D eigenvalue weighted by Crippen LogP contribution is -2.39. The molecule has 7 nitrogen and oxygen atoms in total. The number of aromatic nitrogens is 1. The fourth-order valence-corrected chi connectivity index (χ4v) is 8.16. The van der Waals surface area contributed by atoms with E-state index in [1.807, 2.05) is 109 Å². The number of benzene rings is 7. The molecule has 59 heavy (non-hydrogen) atoms. The van der Waals surface area contributed by atoms with E-state index in [4.69, 9.17) is 15.7 Å². The van der Waals surface area contributed by atoms with Crippen molar-refractivity contribution in [1.82, 2.24) is 4.57 Å². The number of allylic oxidation sites excluding steroid dienone is 2. The molecule has 9 heteroatoms. The second kappa shape index (κ2) is 14.8. The van der Waals surface area contributed by atoms with Gasteiger partial charge in [-0.05, 0) is 60.9 Å². The average molecular weight is 765 g/mol. The van der Waals surface area contributed by atoms with E-state index in [9.17, 15) is 20.4 Å². The molecule has 282 valence electrons. The molecule has 0 spiro atoms. The van der Waals surface area contributed by atoms with Crippen LogP contribution < -0.4 is 21.1 Å². The van der Waals surface area contributed by atoms with Gasteiger partial charge in [0, 0.05) is 33.2 Å². The smallest absolute Gasteiger partial charge is 0.184 e. The second-order valence-corrected chi connectivity index (χ2v) is 14.5. The van der Waals surface area contributed by atoms with Crippen LogP contribution in [0.4, 0.5) is 17.1 Å². The number of aromatic hydroxyl groups is 1. The van der Waals surface area contributed by atoms with Crippen LogP contribution in [0.5, 0.6) is 5.75 Å². The summed E-state index contributed by atoms with van der Waals surface area (Å²) in [6.07, 6.45) is 0. The molecule has 0 amide bonds. The number of fused-ring (bicyclic) bond motifs is 4. The molecule has 7 aromatic carbocycles. The van der Waals surface area contributed by atoms with Crippen molar-refractivity contribution in [3.8, 4) is 33.7 Å². The number of phenols is 1. The number of aliphatic hydroxyl groups is 3. The number of phenolic OH excluding ortho intramolecular Hbond substituents is 1. The lowest BCUT2D eigenvalue weighted by atomic mass is 9.73. The average Bonchev–Trinajstić information content (AvgIpc) is 3.62. The molecular formula is C50H37B2N3O4. The van der Waals surface area contributed by atoms with Crippen LogP contribution >= 0.6 is 0 Å². The van der Waals surface area contributed by atoms with Crippen molar-refractivity contribution in [2.75, 3.05) is 10.2 Å². The summed E-state index contributed by atoms with van der Waals surface area (Å²) in [5.74, 6) is -1.40. The van der Waals surface area contributed by atoms with Crippen LogP contribution in [-0.4, -0.2) is 40.7 Å². The van der Waals surface area contributed by atoms with Crippen molar-refractivity contribution < 1.29 is 20.4 Å². The lowest BCUT2D eigenvalue weighted by molar-refractivity contribution is 0.323. The van der Waals surface area contributed by atoms with Crippen LogP contribution in [0.25, 0.3) is 55.3 Å². The zero-order valence-electron chi connectivity index (χ0n) is 32.3. The maximum Gasteiger partial charge on any atom is 0.184 e. The number of nitrogens with zero attached hydrogens (tertiary/aromatic N) is 2. The van der Waals surface area contributed by atoms with E-state index in [2.05, 4.69) is 58.4 Å². The summed E-state index contributed by atoms with van der Waals surface area (Å²) in [7, 11) is 13.7. The molecule has 0 saturated carbocycles. The van der Waals surface area contributed by atoms with Gasteiger partial charge in [0.05, 0.1) is 22.4 Å². The SMILES string of the molecule is [B]c1c([B])c2c(c(O)c1-c1ccccc1)NC(=C(/C)O)/C(=C(O)\C(O)=C(/C)c1ccccc1)N2c1ccc(-c2ccccc2-n2c3ccccc3c3ccccc32)cc1. The minimum Gasteiger partial charge on any atom is -0.510 e. The highest BCUT2D eigenvalue weighted by Crippen LogP contribution is 2.50. The molecule has 2 heterocycles. The summed E-state index contributed by atoms with van der Waals surface area (Å²) >= 11 is 0. The van der Waals surface area contributed by atoms with Gasteiger partial charge in [-0.15, -0.1) is 0 Å². The first-order valence-corrected chi connectivity index (χ1v) is 19.2. The number of rotatable bonds is 6. The molecule has 1 aliphatic rings. The van der Waals surface area contributed by atoms with Gasteiger partial charge in [-0.3, -0.25) is 0 Å². The molecule has 1 aliphatic heterocycles. The van der Waals surface area contributed by atoms with Gasteiger partial charge in [0.1, 0.15) is 44.3 Å². The van der Waals surface area contributed by atoms with Gasteiger partial charge in [0.2, 0.25) is 0 Å². The van der Waals surface area contributed by atoms with Gasteiger partial charge in [0.15, 0.2) is 11.5 Å². The highest BCUT2D eigenvalue weighted by molar-refractivity contribution is 6.54. The quantitative estimate of drug-likeness (QED) is 0.0657. The first-order chi connectivity index (χ1) is 28.7. The van der Waals surface area contributed by atoms with E-state index < -0.39 is 11.5 Å². The van der Waals surface area contributed by atoms with Crippen LogP contribution in [0.2, 0.25) is 0 Å². The Balaban J connectivity index is 1.27. The summed E-state index contributed by atoms with van der Waals surface area (Å²) in [4.78, 5) is 1.60. The molecule has 5 N–H and O–H groups in total. The van der Waals surface area contributed by atoms with Crippen molar-refractivity contribution >= 4 is 71.1 Å². The zero-order chi connectivity index (χ0) is 40.9. The van der Waals surface area contributed by atoms with Gasteiger partial charge >= 0.3 is 0 Å². The minimum atomic E-state index is -0.543. The van der Waals surface area contributed by atoms with Crippen LogP contribution in [0.1, 0.15) is 19.4 Å². The Labute approximate surface area is 344 Å². The Bertz CT molecular complexity index is 2990. The molecular weight excluding hydrogens is 728 g/mol. The van der Waals surface area contributed by atoms with Crippen molar-refractivity contribution in [2.45, 2.75) is 13.8 Å². The first kappa shape index (κ1) is 37.1. The van der Waals surface area contributed by atoms with Crippen LogP contribution in [0.3, 0.4) is 0 Å². The molecule has 0 atom stereocenters. The highest BCUT2D eigenvalue weighted by atomic mass is 16.3. The first-order valence-electron chi connectivity index (χ1n) is 19.2. The minimum absolute atomic E-state index is 0.0123. The van der Waals surface area contributed by atoms with E-state index in [0.29, 0.717) is 28.0 Å². The fourth-order valence-electron chi connectivity index (χ4n) is 8.16. The Morgan fingerprint density at radius 3 is 1.78 bits per heavy atom. The maximum absolute atomic E-state index is 12.2. The monoisotopic (exact) mass is 765 g/mol. The molecule has 0 aliphatic carbocycles. The zero-order valence-corrected chi connectivity index (χ0v) is 32.3. The normalized spacial score (nSPS) is 14.8. The van der Waals surface area contributed by atoms with Crippen molar-refractivity contribution in [3.05, 3.63) is 192 Å². The van der Waals surface area contributed by atoms with Crippen molar-refractivity contribution in [1.29, 1.82) is 0 Å². The van der Waals surface area contributed by atoms with E-state index >= 15 is 0 Å². The fraction of sp³-hybridized carbons (Fsp3) is 0.0400. The lowest BCUT2D eigenvalue weighted by Gasteiger charge is -2.39. The van der Waals surface area contributed by atoms with Gasteiger partial charge in [0.25, 0.3) is 0 Å². The third-order valence-corrected chi connectivity index (χ3v) is 11.1. The van der Waals surface area contributed by atoms with Gasteiger partial charge < -0.3 is 35.2 Å². The van der Waals surface area contributed by atoms with Crippen molar-refractivity contribution in [2.24, 2.45) is 0 Å². The summed E-state index contributed by atoms with van der Waals surface area (Å²) in [6.45, 7) is 3.15. The Morgan fingerprint density at radius 1 is 0.593 bits per heavy atom. The number of aliphatic hydroxyl groups excluding tert-OH is 3. The molecule has 9 rings (SSSR count). The van der Waals surface area contributed by atoms with Crippen molar-refractivity contribution in [3.63, 3.8) is 0 Å². The number of nitrogens with one attached hydrogen (secondary N) is 1. The number of anilines is 3. The summed E-state index contributed by atoms with van der Waals surface area (Å²) in [5, 5.41) is 52.7. The van der Waals surface area contributed by atoms with E-state index in [0.717, 1.165) is 38.6 Å². The Hall–Kier alpha value is -7.51. The van der Waals surface area contributed by atoms with Crippen LogP contribution in [-0.2, 0) is 0 Å². The summed E-state index contributed by atoms with van der Waals surface area (Å²) < 4.78 is 2.28. The topological polar surface area (TPSA) is 101 Å². The maximum atomic E-state index is 12.2. The van der Waals surface area contributed by atoms with Crippen LogP contribution in [0.15, 0.2) is 186 Å². The third kappa shape index (κ3) is 6.10. The third-order valence-electron chi connectivity index (χ3n) is 11.1. The van der Waals surface area contributed by atoms with E-state index in [1.165, 1.54) is 6.92 Å². The highest BCUT2D eigenvalue weighted by Gasteiger charge is 2.37. The molecule has 0 unspecified atom stereocenters.